The van der Waals surface area contributed by atoms with Crippen LogP contribution in [0.3, 0.4) is 0 Å². The molecule has 3 heteroatoms. The molecule has 0 aliphatic carbocycles. The van der Waals surface area contributed by atoms with Crippen molar-refractivity contribution in [2.24, 2.45) is 0 Å². The highest BCUT2D eigenvalue weighted by Crippen LogP contribution is 2.43. The topological polar surface area (TPSA) is 9.23 Å². The van der Waals surface area contributed by atoms with Gasteiger partial charge < -0.3 is 4.74 Å². The summed E-state index contributed by atoms with van der Waals surface area (Å²) >= 11 is 8.12. The lowest BCUT2D eigenvalue weighted by Crippen LogP contribution is -1.87. The van der Waals surface area contributed by atoms with Crippen molar-refractivity contribution in [3.8, 4) is 11.1 Å². The summed E-state index contributed by atoms with van der Waals surface area (Å²) in [5, 5.41) is 5.90. The maximum atomic E-state index is 6.28. The van der Waals surface area contributed by atoms with Gasteiger partial charge >= 0.3 is 0 Å². The lowest BCUT2D eigenvalue weighted by atomic mass is 9.92. The molecule has 0 bridgehead atoms. The Labute approximate surface area is 172 Å². The molecule has 0 radical (unpaired) electrons. The molecule has 0 amide bonds. The quantitative estimate of drug-likeness (QED) is 0.277. The minimum Gasteiger partial charge on any atom is -0.504 e. The molecule has 1 heterocycles. The van der Waals surface area contributed by atoms with Crippen LogP contribution in [-0.2, 0) is 4.74 Å². The van der Waals surface area contributed by atoms with E-state index in [1.165, 1.54) is 36.5 Å². The molecule has 4 aromatic carbocycles. The van der Waals surface area contributed by atoms with Gasteiger partial charge in [-0.3, -0.25) is 0 Å². The van der Waals surface area contributed by atoms with E-state index in [9.17, 15) is 0 Å². The number of hydrogen-bond acceptors (Lipinski definition) is 2. The number of halogens is 1. The third kappa shape index (κ3) is 2.77. The molecular formula is C25H17ClOS. The number of methoxy groups -OCH3 is 1. The Morgan fingerprint density at radius 2 is 1.54 bits per heavy atom. The third-order valence-electron chi connectivity index (χ3n) is 5.07. The fourth-order valence-electron chi connectivity index (χ4n) is 3.87. The normalized spacial score (nSPS) is 11.8. The molecule has 0 saturated carbocycles. The maximum Gasteiger partial charge on any atom is 0.0830 e. The van der Waals surface area contributed by atoms with Crippen LogP contribution in [0, 0.1) is 0 Å². The summed E-state index contributed by atoms with van der Waals surface area (Å²) in [6, 6.07) is 25.6. The second-order valence-corrected chi connectivity index (χ2v) is 8.23. The van der Waals surface area contributed by atoms with Crippen LogP contribution in [-0.4, -0.2) is 7.11 Å². The van der Waals surface area contributed by atoms with Gasteiger partial charge in [-0.1, -0.05) is 60.1 Å². The van der Waals surface area contributed by atoms with Crippen molar-refractivity contribution < 1.29 is 4.74 Å². The Bertz CT molecular complexity index is 1360. The first-order valence-electron chi connectivity index (χ1n) is 9.08. The average Bonchev–Trinajstić information content (AvgIpc) is 3.10. The molecule has 0 saturated heterocycles. The summed E-state index contributed by atoms with van der Waals surface area (Å²) in [5.41, 5.74) is 3.40. The fraction of sp³-hybridized carbons (Fsp3) is 0.0400. The molecule has 0 spiro atoms. The van der Waals surface area contributed by atoms with Crippen LogP contribution in [0.25, 0.3) is 48.1 Å². The van der Waals surface area contributed by atoms with Crippen LogP contribution < -0.4 is 0 Å². The van der Waals surface area contributed by atoms with Crippen LogP contribution >= 0.6 is 22.9 Å². The van der Waals surface area contributed by atoms with Crippen molar-refractivity contribution >= 4 is 60.0 Å². The zero-order valence-electron chi connectivity index (χ0n) is 15.3. The highest BCUT2D eigenvalue weighted by atomic mass is 35.5. The summed E-state index contributed by atoms with van der Waals surface area (Å²) in [4.78, 5) is 0. The first-order chi connectivity index (χ1) is 13.8. The van der Waals surface area contributed by atoms with E-state index in [0.717, 1.165) is 11.1 Å². The third-order valence-corrected chi connectivity index (χ3v) is 6.43. The van der Waals surface area contributed by atoms with E-state index in [4.69, 9.17) is 16.3 Å². The van der Waals surface area contributed by atoms with E-state index < -0.39 is 0 Å². The van der Waals surface area contributed by atoms with E-state index in [2.05, 4.69) is 60.7 Å². The number of thiophene rings is 1. The standard InChI is InChI=1S/C25H17ClOS/c1-27-13-12-16-14-17(26)10-11-18(16)22-15-24-25(20-7-3-2-6-19(20)22)21-8-4-5-9-23(21)28-24/h2-15H,1H3/b13-12+. The monoisotopic (exact) mass is 400 g/mol. The molecule has 28 heavy (non-hydrogen) atoms. The number of ether oxygens (including phenoxy) is 1. The van der Waals surface area contributed by atoms with Gasteiger partial charge in [0.15, 0.2) is 0 Å². The van der Waals surface area contributed by atoms with Crippen molar-refractivity contribution in [3.05, 3.63) is 89.6 Å². The van der Waals surface area contributed by atoms with Crippen molar-refractivity contribution in [1.82, 2.24) is 0 Å². The summed E-state index contributed by atoms with van der Waals surface area (Å²) in [5.74, 6) is 0. The zero-order valence-corrected chi connectivity index (χ0v) is 16.8. The predicted octanol–water partition coefficient (Wildman–Crippen LogP) is 8.15. The van der Waals surface area contributed by atoms with Gasteiger partial charge in [-0.15, -0.1) is 11.3 Å². The highest BCUT2D eigenvalue weighted by molar-refractivity contribution is 7.26. The molecule has 0 aliphatic rings. The Balaban J connectivity index is 1.91. The van der Waals surface area contributed by atoms with Gasteiger partial charge in [0.25, 0.3) is 0 Å². The van der Waals surface area contributed by atoms with Gasteiger partial charge in [-0.25, -0.2) is 0 Å². The molecule has 136 valence electrons. The summed E-state index contributed by atoms with van der Waals surface area (Å²) in [6.07, 6.45) is 3.65. The first-order valence-corrected chi connectivity index (χ1v) is 10.3. The van der Waals surface area contributed by atoms with Crippen molar-refractivity contribution in [2.45, 2.75) is 0 Å². The van der Waals surface area contributed by atoms with Crippen molar-refractivity contribution in [1.29, 1.82) is 0 Å². The van der Waals surface area contributed by atoms with Crippen molar-refractivity contribution in [2.75, 3.05) is 7.11 Å². The van der Waals surface area contributed by atoms with Crippen LogP contribution in [0.2, 0.25) is 5.02 Å². The molecule has 5 aromatic rings. The molecule has 0 fully saturated rings. The lowest BCUT2D eigenvalue weighted by Gasteiger charge is -2.12. The second-order valence-electron chi connectivity index (χ2n) is 6.71. The Morgan fingerprint density at radius 1 is 0.786 bits per heavy atom. The van der Waals surface area contributed by atoms with Crippen LogP contribution in [0.5, 0.6) is 0 Å². The van der Waals surface area contributed by atoms with Gasteiger partial charge in [0.2, 0.25) is 0 Å². The summed E-state index contributed by atoms with van der Waals surface area (Å²) in [6.45, 7) is 0. The number of rotatable bonds is 3. The molecule has 0 unspecified atom stereocenters. The van der Waals surface area contributed by atoms with Gasteiger partial charge in [0.05, 0.1) is 13.4 Å². The lowest BCUT2D eigenvalue weighted by molar-refractivity contribution is 0.341. The summed E-state index contributed by atoms with van der Waals surface area (Å²) < 4.78 is 7.77. The number of fused-ring (bicyclic) bond motifs is 5. The Hall–Kier alpha value is -2.81. The average molecular weight is 401 g/mol. The van der Waals surface area contributed by atoms with E-state index in [1.54, 1.807) is 13.4 Å². The Morgan fingerprint density at radius 3 is 2.36 bits per heavy atom. The predicted molar refractivity (Wildman–Crippen MR) is 123 cm³/mol. The molecule has 1 aromatic heterocycles. The van der Waals surface area contributed by atoms with Crippen LogP contribution in [0.15, 0.2) is 79.1 Å². The number of benzene rings is 4. The van der Waals surface area contributed by atoms with Crippen LogP contribution in [0.4, 0.5) is 0 Å². The highest BCUT2D eigenvalue weighted by Gasteiger charge is 2.14. The first kappa shape index (κ1) is 17.3. The van der Waals surface area contributed by atoms with Crippen molar-refractivity contribution in [3.63, 3.8) is 0 Å². The van der Waals surface area contributed by atoms with E-state index in [1.807, 2.05) is 29.5 Å². The molecule has 1 nitrogen and oxygen atoms in total. The van der Waals surface area contributed by atoms with Gasteiger partial charge in [-0.05, 0) is 57.8 Å². The van der Waals surface area contributed by atoms with E-state index in [-0.39, 0.29) is 0 Å². The molecule has 5 rings (SSSR count). The van der Waals surface area contributed by atoms with E-state index >= 15 is 0 Å². The van der Waals surface area contributed by atoms with Gasteiger partial charge in [0.1, 0.15) is 0 Å². The van der Waals surface area contributed by atoms with Gasteiger partial charge in [0, 0.05) is 25.2 Å². The minimum atomic E-state index is 0.715. The Kier molecular flexibility index (Phi) is 4.31. The SMILES string of the molecule is CO/C=C/c1cc(Cl)ccc1-c1cc2sc3ccccc3c2c2ccccc12. The van der Waals surface area contributed by atoms with E-state index in [0.29, 0.717) is 5.02 Å². The summed E-state index contributed by atoms with van der Waals surface area (Å²) in [7, 11) is 1.65. The molecular weight excluding hydrogens is 384 g/mol. The smallest absolute Gasteiger partial charge is 0.0830 e. The second kappa shape index (κ2) is 6.97. The maximum absolute atomic E-state index is 6.28. The molecule has 0 N–H and O–H groups in total. The molecule has 0 aliphatic heterocycles. The largest absolute Gasteiger partial charge is 0.504 e. The van der Waals surface area contributed by atoms with Crippen LogP contribution in [0.1, 0.15) is 5.56 Å². The van der Waals surface area contributed by atoms with Gasteiger partial charge in [-0.2, -0.15) is 0 Å². The minimum absolute atomic E-state index is 0.715. The molecule has 0 atom stereocenters. The fourth-order valence-corrected chi connectivity index (χ4v) is 5.21. The number of hydrogen-bond donors (Lipinski definition) is 0. The zero-order chi connectivity index (χ0) is 19.1.